The minimum absolute atomic E-state index is 0.0108. The summed E-state index contributed by atoms with van der Waals surface area (Å²) < 4.78 is 10.5. The number of ether oxygens (including phenoxy) is 2. The molecule has 0 radical (unpaired) electrons. The lowest BCUT2D eigenvalue weighted by Gasteiger charge is -2.37. The van der Waals surface area contributed by atoms with Gasteiger partial charge in [0, 0.05) is 13.0 Å². The number of likely N-dealkylation sites (N-methyl/N-ethyl adjacent to an activating group) is 1. The highest BCUT2D eigenvalue weighted by molar-refractivity contribution is 5.91. The van der Waals surface area contributed by atoms with Crippen molar-refractivity contribution in [3.8, 4) is 0 Å². The Kier molecular flexibility index (Phi) is 11.3. The first kappa shape index (κ1) is 30.6. The van der Waals surface area contributed by atoms with Gasteiger partial charge in [-0.05, 0) is 53.4 Å². The van der Waals surface area contributed by atoms with Crippen molar-refractivity contribution in [3.63, 3.8) is 0 Å². The Hall–Kier alpha value is -2.36. The van der Waals surface area contributed by atoms with Crippen LogP contribution >= 0.6 is 0 Å². The number of amides is 2. The highest BCUT2D eigenvalue weighted by Crippen LogP contribution is 2.22. The molecule has 2 amide bonds. The lowest BCUT2D eigenvalue weighted by Crippen LogP contribution is -2.60. The number of aliphatic carboxylic acids is 1. The third-order valence-corrected chi connectivity index (χ3v) is 4.97. The van der Waals surface area contributed by atoms with E-state index in [1.54, 1.807) is 34.6 Å². The van der Waals surface area contributed by atoms with Crippen LogP contribution in [0.5, 0.6) is 0 Å². The standard InChI is InChI=1S/C23H42N2O8/c1-11-14(4)16(19(27)28)32-20(29)17(23(8,9)31)25(10)18(26)15(12-13(2)3)24-21(30)33-22(5,6)7/h13-17,31H,11-12H2,1-10H3,(H,24,30)(H,27,28)/t14-,15+,16-,17-/m1/s1. The van der Waals surface area contributed by atoms with E-state index in [0.717, 1.165) is 4.90 Å². The van der Waals surface area contributed by atoms with E-state index in [9.17, 15) is 29.4 Å². The van der Waals surface area contributed by atoms with Crippen LogP contribution in [0.3, 0.4) is 0 Å². The SMILES string of the molecule is CC[C@@H](C)[C@@H](OC(=O)[C@@H](N(C)C(=O)[C@H](CC(C)C)NC(=O)OC(C)(C)C)C(C)(C)O)C(=O)O. The number of hydrogen-bond donors (Lipinski definition) is 3. The van der Waals surface area contributed by atoms with Crippen molar-refractivity contribution in [2.24, 2.45) is 11.8 Å². The molecule has 10 nitrogen and oxygen atoms in total. The lowest BCUT2D eigenvalue weighted by atomic mass is 9.95. The molecule has 0 aliphatic heterocycles. The fraction of sp³-hybridized carbons (Fsp3) is 0.826. The maximum Gasteiger partial charge on any atom is 0.408 e. The van der Waals surface area contributed by atoms with Gasteiger partial charge in [0.25, 0.3) is 0 Å². The summed E-state index contributed by atoms with van der Waals surface area (Å²) in [6, 6.07) is -2.54. The number of carbonyl (C=O) groups is 4. The van der Waals surface area contributed by atoms with Gasteiger partial charge in [-0.2, -0.15) is 0 Å². The van der Waals surface area contributed by atoms with Crippen molar-refractivity contribution >= 4 is 23.9 Å². The van der Waals surface area contributed by atoms with Crippen molar-refractivity contribution in [3.05, 3.63) is 0 Å². The molecular formula is C23H42N2O8. The summed E-state index contributed by atoms with van der Waals surface area (Å²) in [5.74, 6) is -3.47. The number of alkyl carbamates (subject to hydrolysis) is 1. The van der Waals surface area contributed by atoms with Crippen LogP contribution in [-0.2, 0) is 23.9 Å². The Morgan fingerprint density at radius 3 is 1.91 bits per heavy atom. The zero-order valence-electron chi connectivity index (χ0n) is 21.6. The Labute approximate surface area is 197 Å². The summed E-state index contributed by atoms with van der Waals surface area (Å²) >= 11 is 0. The second-order valence-electron chi connectivity index (χ2n) is 10.4. The van der Waals surface area contributed by atoms with Gasteiger partial charge in [0.2, 0.25) is 12.0 Å². The van der Waals surface area contributed by atoms with Crippen molar-refractivity contribution in [2.45, 2.75) is 105 Å². The first-order valence-corrected chi connectivity index (χ1v) is 11.2. The Bertz CT molecular complexity index is 694. The first-order chi connectivity index (χ1) is 14.8. The Morgan fingerprint density at radius 2 is 1.55 bits per heavy atom. The van der Waals surface area contributed by atoms with Gasteiger partial charge in [-0.25, -0.2) is 14.4 Å². The fourth-order valence-corrected chi connectivity index (χ4v) is 3.25. The minimum Gasteiger partial charge on any atom is -0.478 e. The second-order valence-corrected chi connectivity index (χ2v) is 10.4. The van der Waals surface area contributed by atoms with Crippen LogP contribution in [0.1, 0.15) is 75.2 Å². The quantitative estimate of drug-likeness (QED) is 0.388. The van der Waals surface area contributed by atoms with Crippen LogP contribution in [0.25, 0.3) is 0 Å². The predicted octanol–water partition coefficient (Wildman–Crippen LogP) is 2.57. The van der Waals surface area contributed by atoms with Gasteiger partial charge < -0.3 is 29.9 Å². The molecule has 0 rings (SSSR count). The van der Waals surface area contributed by atoms with Gasteiger partial charge in [0.15, 0.2) is 6.04 Å². The minimum atomic E-state index is -1.76. The smallest absolute Gasteiger partial charge is 0.408 e. The number of carboxylic acids is 1. The molecule has 0 spiro atoms. The molecule has 10 heteroatoms. The van der Waals surface area contributed by atoms with Gasteiger partial charge in [0.05, 0.1) is 5.60 Å². The number of esters is 1. The average Bonchev–Trinajstić information content (AvgIpc) is 2.60. The number of carboxylic acid groups (broad SMARTS) is 1. The van der Waals surface area contributed by atoms with Gasteiger partial charge in [-0.15, -0.1) is 0 Å². The van der Waals surface area contributed by atoms with E-state index in [4.69, 9.17) is 9.47 Å². The molecule has 0 fully saturated rings. The molecule has 0 aromatic heterocycles. The highest BCUT2D eigenvalue weighted by atomic mass is 16.6. The van der Waals surface area contributed by atoms with Crippen LogP contribution in [0.15, 0.2) is 0 Å². The zero-order valence-corrected chi connectivity index (χ0v) is 21.6. The van der Waals surface area contributed by atoms with Crippen LogP contribution in [-0.4, -0.2) is 75.5 Å². The molecule has 192 valence electrons. The zero-order chi connectivity index (χ0) is 26.3. The molecule has 0 bridgehead atoms. The molecule has 0 aromatic carbocycles. The summed E-state index contributed by atoms with van der Waals surface area (Å²) in [5.41, 5.74) is -2.53. The fourth-order valence-electron chi connectivity index (χ4n) is 3.25. The molecule has 0 aromatic rings. The monoisotopic (exact) mass is 474 g/mol. The Morgan fingerprint density at radius 1 is 1.03 bits per heavy atom. The van der Waals surface area contributed by atoms with Crippen molar-refractivity contribution in [1.82, 2.24) is 10.2 Å². The number of rotatable bonds is 11. The average molecular weight is 475 g/mol. The Balaban J connectivity index is 5.90. The lowest BCUT2D eigenvalue weighted by molar-refractivity contribution is -0.179. The van der Waals surface area contributed by atoms with E-state index in [0.29, 0.717) is 6.42 Å². The van der Waals surface area contributed by atoms with E-state index in [-0.39, 0.29) is 12.3 Å². The van der Waals surface area contributed by atoms with Gasteiger partial charge in [-0.1, -0.05) is 27.7 Å². The summed E-state index contributed by atoms with van der Waals surface area (Å²) in [5, 5.41) is 22.6. The second kappa shape index (κ2) is 12.2. The van der Waals surface area contributed by atoms with Crippen LogP contribution in [0.4, 0.5) is 4.79 Å². The van der Waals surface area contributed by atoms with E-state index in [2.05, 4.69) is 5.32 Å². The summed E-state index contributed by atoms with van der Waals surface area (Å²) in [7, 11) is 1.30. The number of carbonyl (C=O) groups excluding carboxylic acids is 3. The molecule has 0 saturated carbocycles. The molecule has 0 aliphatic carbocycles. The van der Waals surface area contributed by atoms with Crippen molar-refractivity contribution in [1.29, 1.82) is 0 Å². The largest absolute Gasteiger partial charge is 0.478 e. The highest BCUT2D eigenvalue weighted by Gasteiger charge is 2.44. The molecule has 3 N–H and O–H groups in total. The van der Waals surface area contributed by atoms with E-state index >= 15 is 0 Å². The predicted molar refractivity (Wildman–Crippen MR) is 122 cm³/mol. The van der Waals surface area contributed by atoms with Crippen LogP contribution < -0.4 is 5.32 Å². The van der Waals surface area contributed by atoms with E-state index < -0.39 is 59.2 Å². The maximum absolute atomic E-state index is 13.3. The molecule has 33 heavy (non-hydrogen) atoms. The third kappa shape index (κ3) is 10.4. The molecule has 0 aliphatic rings. The van der Waals surface area contributed by atoms with Crippen molar-refractivity contribution < 1.29 is 38.9 Å². The van der Waals surface area contributed by atoms with Crippen molar-refractivity contribution in [2.75, 3.05) is 7.05 Å². The third-order valence-electron chi connectivity index (χ3n) is 4.97. The van der Waals surface area contributed by atoms with Gasteiger partial charge in [0.1, 0.15) is 11.6 Å². The molecular weight excluding hydrogens is 432 g/mol. The molecule has 0 heterocycles. The molecule has 0 saturated heterocycles. The van der Waals surface area contributed by atoms with E-state index in [1.807, 2.05) is 13.8 Å². The number of hydrogen-bond acceptors (Lipinski definition) is 7. The molecule has 0 unspecified atom stereocenters. The maximum atomic E-state index is 13.3. The first-order valence-electron chi connectivity index (χ1n) is 11.2. The summed E-state index contributed by atoms with van der Waals surface area (Å²) in [4.78, 5) is 51.2. The van der Waals surface area contributed by atoms with Gasteiger partial charge in [-0.3, -0.25) is 4.79 Å². The number of nitrogens with one attached hydrogen (secondary N) is 1. The summed E-state index contributed by atoms with van der Waals surface area (Å²) in [6.07, 6.45) is -1.52. The molecule has 4 atom stereocenters. The topological polar surface area (TPSA) is 142 Å². The van der Waals surface area contributed by atoms with Crippen LogP contribution in [0, 0.1) is 11.8 Å². The number of aliphatic hydroxyl groups is 1. The van der Waals surface area contributed by atoms with Gasteiger partial charge >= 0.3 is 18.0 Å². The number of nitrogens with zero attached hydrogens (tertiary/aromatic N) is 1. The summed E-state index contributed by atoms with van der Waals surface area (Å²) in [6.45, 7) is 14.8. The van der Waals surface area contributed by atoms with Crippen LogP contribution in [0.2, 0.25) is 0 Å². The van der Waals surface area contributed by atoms with E-state index in [1.165, 1.54) is 20.9 Å². The normalized spacial score (nSPS) is 15.8.